The number of nitrogens with two attached hydrogens (primary N) is 1. The van der Waals surface area contributed by atoms with Crippen molar-refractivity contribution in [3.8, 4) is 0 Å². The SMILES string of the molecule is COCCN(CCCN)c1ccc(S(=O)(=O)C(F)F)cc1. The van der Waals surface area contributed by atoms with Crippen LogP contribution < -0.4 is 10.6 Å². The average molecular weight is 322 g/mol. The number of hydrogen-bond donors (Lipinski definition) is 1. The maximum absolute atomic E-state index is 12.5. The Hall–Kier alpha value is -1.25. The zero-order valence-electron chi connectivity index (χ0n) is 11.8. The Morgan fingerprint density at radius 2 is 1.86 bits per heavy atom. The van der Waals surface area contributed by atoms with Gasteiger partial charge in [0, 0.05) is 25.9 Å². The molecule has 5 nitrogen and oxygen atoms in total. The zero-order chi connectivity index (χ0) is 15.9. The third-order valence-electron chi connectivity index (χ3n) is 2.96. The highest BCUT2D eigenvalue weighted by Crippen LogP contribution is 2.22. The second kappa shape index (κ2) is 8.26. The third-order valence-corrected chi connectivity index (χ3v) is 4.36. The van der Waals surface area contributed by atoms with Crippen LogP contribution in [-0.2, 0) is 14.6 Å². The summed E-state index contributed by atoms with van der Waals surface area (Å²) in [4.78, 5) is 1.58. The Morgan fingerprint density at radius 1 is 1.24 bits per heavy atom. The molecule has 2 N–H and O–H groups in total. The van der Waals surface area contributed by atoms with Gasteiger partial charge < -0.3 is 15.4 Å². The van der Waals surface area contributed by atoms with E-state index >= 15 is 0 Å². The van der Waals surface area contributed by atoms with E-state index in [1.165, 1.54) is 24.3 Å². The van der Waals surface area contributed by atoms with Gasteiger partial charge in [-0.15, -0.1) is 0 Å². The smallest absolute Gasteiger partial charge is 0.341 e. The van der Waals surface area contributed by atoms with Crippen LogP contribution in [0, 0.1) is 0 Å². The number of anilines is 1. The summed E-state index contributed by atoms with van der Waals surface area (Å²) in [6.45, 7) is 2.32. The number of sulfone groups is 1. The number of nitrogens with zero attached hydrogens (tertiary/aromatic N) is 1. The van der Waals surface area contributed by atoms with Crippen molar-refractivity contribution in [1.29, 1.82) is 0 Å². The van der Waals surface area contributed by atoms with E-state index in [4.69, 9.17) is 10.5 Å². The highest BCUT2D eigenvalue weighted by atomic mass is 32.2. The van der Waals surface area contributed by atoms with Crippen LogP contribution in [0.3, 0.4) is 0 Å². The molecule has 0 radical (unpaired) electrons. The average Bonchev–Trinajstić information content (AvgIpc) is 2.47. The normalized spacial score (nSPS) is 11.9. The van der Waals surface area contributed by atoms with Crippen molar-refractivity contribution in [2.24, 2.45) is 5.73 Å². The van der Waals surface area contributed by atoms with E-state index in [9.17, 15) is 17.2 Å². The molecule has 1 aromatic rings. The van der Waals surface area contributed by atoms with Gasteiger partial charge >= 0.3 is 5.76 Å². The van der Waals surface area contributed by atoms with Crippen LogP contribution in [0.25, 0.3) is 0 Å². The fourth-order valence-corrected chi connectivity index (χ4v) is 2.52. The van der Waals surface area contributed by atoms with Crippen molar-refractivity contribution < 1.29 is 21.9 Å². The molecule has 0 saturated carbocycles. The number of ether oxygens (including phenoxy) is 1. The molecule has 0 aromatic heterocycles. The molecule has 0 heterocycles. The van der Waals surface area contributed by atoms with E-state index in [1.807, 2.05) is 4.90 Å². The maximum atomic E-state index is 12.5. The lowest BCUT2D eigenvalue weighted by molar-refractivity contribution is 0.205. The number of hydrogen-bond acceptors (Lipinski definition) is 5. The van der Waals surface area contributed by atoms with Gasteiger partial charge in [-0.05, 0) is 37.2 Å². The third kappa shape index (κ3) is 4.90. The van der Waals surface area contributed by atoms with Crippen LogP contribution in [0.15, 0.2) is 29.2 Å². The van der Waals surface area contributed by atoms with Crippen molar-refractivity contribution in [2.45, 2.75) is 17.1 Å². The number of alkyl halides is 2. The van der Waals surface area contributed by atoms with E-state index in [0.717, 1.165) is 12.1 Å². The van der Waals surface area contributed by atoms with Crippen LogP contribution >= 0.6 is 0 Å². The number of methoxy groups -OCH3 is 1. The van der Waals surface area contributed by atoms with E-state index in [0.29, 0.717) is 26.2 Å². The Bertz CT molecular complexity index is 513. The Kier molecular flexibility index (Phi) is 7.00. The molecule has 8 heteroatoms. The molecular weight excluding hydrogens is 302 g/mol. The molecule has 120 valence electrons. The Labute approximate surface area is 123 Å². The first kappa shape index (κ1) is 17.8. The fraction of sp³-hybridized carbons (Fsp3) is 0.538. The predicted octanol–water partition coefficient (Wildman–Crippen LogP) is 1.48. The van der Waals surface area contributed by atoms with Crippen molar-refractivity contribution in [3.05, 3.63) is 24.3 Å². The fourth-order valence-electron chi connectivity index (χ4n) is 1.80. The first-order chi connectivity index (χ1) is 9.93. The van der Waals surface area contributed by atoms with Gasteiger partial charge in [-0.2, -0.15) is 8.78 Å². The molecule has 0 aliphatic carbocycles. The van der Waals surface area contributed by atoms with Gasteiger partial charge in [-0.3, -0.25) is 0 Å². The van der Waals surface area contributed by atoms with Gasteiger partial charge in [-0.1, -0.05) is 0 Å². The molecule has 0 aliphatic rings. The summed E-state index contributed by atoms with van der Waals surface area (Å²) in [6.07, 6.45) is 0.765. The quantitative estimate of drug-likeness (QED) is 0.745. The van der Waals surface area contributed by atoms with Crippen molar-refractivity contribution in [1.82, 2.24) is 0 Å². The highest BCUT2D eigenvalue weighted by Gasteiger charge is 2.26. The van der Waals surface area contributed by atoms with Crippen LogP contribution in [0.2, 0.25) is 0 Å². The molecule has 1 rings (SSSR count). The topological polar surface area (TPSA) is 72.6 Å². The second-order valence-electron chi connectivity index (χ2n) is 4.42. The summed E-state index contributed by atoms with van der Waals surface area (Å²) in [5.41, 5.74) is 6.22. The minimum atomic E-state index is -4.55. The number of halogens is 2. The molecule has 1 aromatic carbocycles. The molecule has 0 atom stereocenters. The van der Waals surface area contributed by atoms with Gasteiger partial charge in [-0.25, -0.2) is 8.42 Å². The largest absolute Gasteiger partial charge is 0.383 e. The van der Waals surface area contributed by atoms with Gasteiger partial charge in [0.1, 0.15) is 0 Å². The van der Waals surface area contributed by atoms with Crippen LogP contribution in [0.5, 0.6) is 0 Å². The van der Waals surface area contributed by atoms with E-state index in [2.05, 4.69) is 0 Å². The van der Waals surface area contributed by atoms with E-state index in [-0.39, 0.29) is 4.90 Å². The van der Waals surface area contributed by atoms with Gasteiger partial charge in [0.2, 0.25) is 9.84 Å². The standard InChI is InChI=1S/C13H20F2N2O3S/c1-20-10-9-17(8-2-7-16)11-3-5-12(6-4-11)21(18,19)13(14)15/h3-6,13H,2,7-10,16H2,1H3. The summed E-state index contributed by atoms with van der Waals surface area (Å²) < 4.78 is 52.7. The second-order valence-corrected chi connectivity index (χ2v) is 6.34. The monoisotopic (exact) mass is 322 g/mol. The molecule has 0 fully saturated rings. The molecule has 0 aliphatic heterocycles. The van der Waals surface area contributed by atoms with Crippen LogP contribution in [0.4, 0.5) is 14.5 Å². The molecule has 0 saturated heterocycles. The Balaban J connectivity index is 2.91. The van der Waals surface area contributed by atoms with E-state index < -0.39 is 15.6 Å². The van der Waals surface area contributed by atoms with Crippen LogP contribution in [-0.4, -0.2) is 47.5 Å². The number of benzene rings is 1. The van der Waals surface area contributed by atoms with Crippen molar-refractivity contribution in [3.63, 3.8) is 0 Å². The van der Waals surface area contributed by atoms with Gasteiger partial charge in [0.15, 0.2) is 0 Å². The summed E-state index contributed by atoms with van der Waals surface area (Å²) in [6, 6.07) is 5.42. The maximum Gasteiger partial charge on any atom is 0.341 e. The lowest BCUT2D eigenvalue weighted by atomic mass is 10.2. The van der Waals surface area contributed by atoms with Crippen molar-refractivity contribution >= 4 is 15.5 Å². The van der Waals surface area contributed by atoms with Gasteiger partial charge in [0.25, 0.3) is 0 Å². The minimum absolute atomic E-state index is 0.383. The molecule has 21 heavy (non-hydrogen) atoms. The van der Waals surface area contributed by atoms with Crippen LogP contribution in [0.1, 0.15) is 6.42 Å². The summed E-state index contributed by atoms with van der Waals surface area (Å²) in [7, 11) is -2.97. The lowest BCUT2D eigenvalue weighted by Crippen LogP contribution is -2.29. The first-order valence-electron chi connectivity index (χ1n) is 6.49. The van der Waals surface area contributed by atoms with Crippen molar-refractivity contribution in [2.75, 3.05) is 38.3 Å². The molecule has 0 bridgehead atoms. The zero-order valence-corrected chi connectivity index (χ0v) is 12.7. The minimum Gasteiger partial charge on any atom is -0.383 e. The summed E-state index contributed by atoms with van der Waals surface area (Å²) in [5, 5.41) is 0. The Morgan fingerprint density at radius 3 is 2.33 bits per heavy atom. The molecular formula is C13H20F2N2O3S. The molecule has 0 amide bonds. The van der Waals surface area contributed by atoms with Gasteiger partial charge in [0.05, 0.1) is 11.5 Å². The summed E-state index contributed by atoms with van der Waals surface area (Å²) >= 11 is 0. The number of rotatable bonds is 9. The van der Waals surface area contributed by atoms with E-state index in [1.54, 1.807) is 7.11 Å². The molecule has 0 unspecified atom stereocenters. The summed E-state index contributed by atoms with van der Waals surface area (Å²) in [5.74, 6) is -3.41. The lowest BCUT2D eigenvalue weighted by Gasteiger charge is -2.24. The highest BCUT2D eigenvalue weighted by molar-refractivity contribution is 7.91. The predicted molar refractivity (Wildman–Crippen MR) is 77.4 cm³/mol. The molecule has 0 spiro atoms. The first-order valence-corrected chi connectivity index (χ1v) is 8.04.